The van der Waals surface area contributed by atoms with Gasteiger partial charge in [-0.3, -0.25) is 4.90 Å². The number of hydrogen-bond acceptors (Lipinski definition) is 2. The van der Waals surface area contributed by atoms with Crippen molar-refractivity contribution >= 4 is 11.6 Å². The van der Waals surface area contributed by atoms with E-state index in [1.807, 2.05) is 0 Å². The molecule has 0 unspecified atom stereocenters. The molecule has 1 aliphatic rings. The quantitative estimate of drug-likeness (QED) is 0.895. The third-order valence-corrected chi connectivity index (χ3v) is 3.64. The Balaban J connectivity index is 2.24. The first-order chi connectivity index (χ1) is 8.22. The summed E-state index contributed by atoms with van der Waals surface area (Å²) in [7, 11) is 0. The number of nitrogens with one attached hydrogen (secondary N) is 1. The molecule has 0 saturated carbocycles. The normalized spacial score (nSPS) is 19.2. The Labute approximate surface area is 107 Å². The molecule has 1 atom stereocenters. The zero-order valence-electron chi connectivity index (χ0n) is 10.0. The minimum absolute atomic E-state index is 0.210. The lowest BCUT2D eigenvalue weighted by atomic mass is 10.0. The Morgan fingerprint density at radius 3 is 2.76 bits per heavy atom. The molecule has 0 bridgehead atoms. The molecule has 0 aliphatic carbocycles. The summed E-state index contributed by atoms with van der Waals surface area (Å²) in [4.78, 5) is 2.37. The first kappa shape index (κ1) is 12.8. The molecule has 0 aromatic heterocycles. The molecule has 0 radical (unpaired) electrons. The predicted molar refractivity (Wildman–Crippen MR) is 68.9 cm³/mol. The fourth-order valence-electron chi connectivity index (χ4n) is 2.44. The minimum atomic E-state index is -0.210. The minimum Gasteiger partial charge on any atom is -0.314 e. The molecule has 1 fully saturated rings. The summed E-state index contributed by atoms with van der Waals surface area (Å²) in [5.41, 5.74) is 0.913. The lowest BCUT2D eigenvalue weighted by Crippen LogP contribution is -2.45. The molecule has 1 aromatic carbocycles. The topological polar surface area (TPSA) is 15.3 Å². The van der Waals surface area contributed by atoms with Gasteiger partial charge in [0.2, 0.25) is 0 Å². The van der Waals surface area contributed by atoms with Gasteiger partial charge in [0, 0.05) is 37.2 Å². The summed E-state index contributed by atoms with van der Waals surface area (Å²) in [6.45, 7) is 6.08. The number of rotatable bonds is 3. The molecule has 2 nitrogen and oxygen atoms in total. The van der Waals surface area contributed by atoms with Crippen LogP contribution in [0, 0.1) is 5.82 Å². The van der Waals surface area contributed by atoms with Gasteiger partial charge in [-0.1, -0.05) is 18.5 Å². The van der Waals surface area contributed by atoms with Crippen LogP contribution in [0.2, 0.25) is 5.02 Å². The van der Waals surface area contributed by atoms with E-state index in [0.717, 1.165) is 38.2 Å². The van der Waals surface area contributed by atoms with Crippen LogP contribution in [0.3, 0.4) is 0 Å². The molecule has 2 rings (SSSR count). The number of piperazine rings is 1. The van der Waals surface area contributed by atoms with Crippen LogP contribution in [0.25, 0.3) is 0 Å². The molecular weight excluding hydrogens is 239 g/mol. The van der Waals surface area contributed by atoms with E-state index in [9.17, 15) is 4.39 Å². The van der Waals surface area contributed by atoms with Crippen LogP contribution in [0.5, 0.6) is 0 Å². The second-order valence-corrected chi connectivity index (χ2v) is 4.78. The fourth-order valence-corrected chi connectivity index (χ4v) is 2.68. The van der Waals surface area contributed by atoms with Crippen molar-refractivity contribution in [3.05, 3.63) is 34.6 Å². The number of halogens is 2. The van der Waals surface area contributed by atoms with Crippen molar-refractivity contribution < 1.29 is 4.39 Å². The summed E-state index contributed by atoms with van der Waals surface area (Å²) in [6, 6.07) is 4.85. The van der Waals surface area contributed by atoms with Crippen LogP contribution in [-0.4, -0.2) is 31.1 Å². The third-order valence-electron chi connectivity index (χ3n) is 3.30. The van der Waals surface area contributed by atoms with Crippen molar-refractivity contribution in [2.45, 2.75) is 19.4 Å². The van der Waals surface area contributed by atoms with E-state index in [4.69, 9.17) is 11.6 Å². The Hall–Kier alpha value is -0.640. The second kappa shape index (κ2) is 5.80. The lowest BCUT2D eigenvalue weighted by molar-refractivity contribution is 0.169. The first-order valence-electron chi connectivity index (χ1n) is 6.12. The molecule has 94 valence electrons. The van der Waals surface area contributed by atoms with Gasteiger partial charge in [0.25, 0.3) is 0 Å². The smallest absolute Gasteiger partial charge is 0.123 e. The molecular formula is C13H18ClFN2. The van der Waals surface area contributed by atoms with Crippen molar-refractivity contribution in [2.24, 2.45) is 0 Å². The van der Waals surface area contributed by atoms with Crippen molar-refractivity contribution in [3.8, 4) is 0 Å². The van der Waals surface area contributed by atoms with Crippen LogP contribution < -0.4 is 5.32 Å². The summed E-state index contributed by atoms with van der Waals surface area (Å²) in [6.07, 6.45) is 0.948. The van der Waals surface area contributed by atoms with Gasteiger partial charge in [-0.25, -0.2) is 4.39 Å². The average molecular weight is 257 g/mol. The van der Waals surface area contributed by atoms with E-state index in [0.29, 0.717) is 5.02 Å². The fraction of sp³-hybridized carbons (Fsp3) is 0.538. The van der Waals surface area contributed by atoms with Gasteiger partial charge in [-0.2, -0.15) is 0 Å². The highest BCUT2D eigenvalue weighted by atomic mass is 35.5. The molecule has 0 spiro atoms. The van der Waals surface area contributed by atoms with Crippen molar-refractivity contribution in [3.63, 3.8) is 0 Å². The zero-order valence-corrected chi connectivity index (χ0v) is 10.8. The summed E-state index contributed by atoms with van der Waals surface area (Å²) >= 11 is 6.18. The van der Waals surface area contributed by atoms with E-state index in [1.54, 1.807) is 12.1 Å². The van der Waals surface area contributed by atoms with Crippen molar-refractivity contribution in [2.75, 3.05) is 26.2 Å². The third kappa shape index (κ3) is 2.97. The number of hydrogen-bond donors (Lipinski definition) is 1. The molecule has 1 saturated heterocycles. The van der Waals surface area contributed by atoms with Crippen molar-refractivity contribution in [1.29, 1.82) is 0 Å². The maximum atomic E-state index is 13.3. The van der Waals surface area contributed by atoms with Gasteiger partial charge >= 0.3 is 0 Å². The Morgan fingerprint density at radius 1 is 1.41 bits per heavy atom. The van der Waals surface area contributed by atoms with Gasteiger partial charge < -0.3 is 5.32 Å². The molecule has 0 amide bonds. The first-order valence-corrected chi connectivity index (χ1v) is 6.50. The molecule has 1 heterocycles. The molecule has 1 aromatic rings. The Kier molecular flexibility index (Phi) is 4.37. The summed E-state index contributed by atoms with van der Waals surface area (Å²) in [5.74, 6) is -0.210. The number of nitrogens with zero attached hydrogens (tertiary/aromatic N) is 1. The highest BCUT2D eigenvalue weighted by molar-refractivity contribution is 6.31. The molecule has 1 N–H and O–H groups in total. The Morgan fingerprint density at radius 2 is 2.12 bits per heavy atom. The van der Waals surface area contributed by atoms with E-state index in [-0.39, 0.29) is 11.9 Å². The van der Waals surface area contributed by atoms with E-state index in [2.05, 4.69) is 17.1 Å². The standard InChI is InChI=1S/C13H18ClFN2/c1-2-13(17-7-5-16-6-8-17)11-9-10(15)3-4-12(11)14/h3-4,9,13,16H,2,5-8H2,1H3/t13-/m1/s1. The summed E-state index contributed by atoms with van der Waals surface area (Å²) < 4.78 is 13.3. The van der Waals surface area contributed by atoms with Crippen molar-refractivity contribution in [1.82, 2.24) is 10.2 Å². The summed E-state index contributed by atoms with van der Waals surface area (Å²) in [5, 5.41) is 3.99. The maximum absolute atomic E-state index is 13.3. The van der Waals surface area contributed by atoms with Crippen LogP contribution >= 0.6 is 11.6 Å². The van der Waals surface area contributed by atoms with Crippen LogP contribution in [0.4, 0.5) is 4.39 Å². The van der Waals surface area contributed by atoms with Gasteiger partial charge in [0.1, 0.15) is 5.82 Å². The van der Waals surface area contributed by atoms with Crippen LogP contribution in [0.15, 0.2) is 18.2 Å². The highest BCUT2D eigenvalue weighted by Gasteiger charge is 2.22. The number of benzene rings is 1. The largest absolute Gasteiger partial charge is 0.314 e. The molecule has 17 heavy (non-hydrogen) atoms. The monoisotopic (exact) mass is 256 g/mol. The SMILES string of the molecule is CC[C@H](c1cc(F)ccc1Cl)N1CCNCC1. The molecule has 4 heteroatoms. The van der Waals surface area contributed by atoms with E-state index < -0.39 is 0 Å². The van der Waals surface area contributed by atoms with Crippen LogP contribution in [-0.2, 0) is 0 Å². The lowest BCUT2D eigenvalue weighted by Gasteiger charge is -2.35. The molecule has 1 aliphatic heterocycles. The maximum Gasteiger partial charge on any atom is 0.123 e. The van der Waals surface area contributed by atoms with E-state index in [1.165, 1.54) is 6.07 Å². The average Bonchev–Trinajstić information content (AvgIpc) is 2.36. The highest BCUT2D eigenvalue weighted by Crippen LogP contribution is 2.30. The second-order valence-electron chi connectivity index (χ2n) is 4.38. The van der Waals surface area contributed by atoms with Gasteiger partial charge in [0.15, 0.2) is 0 Å². The van der Waals surface area contributed by atoms with Gasteiger partial charge in [0.05, 0.1) is 0 Å². The van der Waals surface area contributed by atoms with Gasteiger partial charge in [-0.15, -0.1) is 0 Å². The predicted octanol–water partition coefficient (Wildman–Crippen LogP) is 2.84. The van der Waals surface area contributed by atoms with Gasteiger partial charge in [-0.05, 0) is 30.2 Å². The Bertz CT molecular complexity index is 378. The van der Waals surface area contributed by atoms with E-state index >= 15 is 0 Å². The van der Waals surface area contributed by atoms with Crippen LogP contribution in [0.1, 0.15) is 24.9 Å². The zero-order chi connectivity index (χ0) is 12.3.